The maximum atomic E-state index is 12.5. The average molecular weight is 516 g/mol. The van der Waals surface area contributed by atoms with Crippen LogP contribution in [-0.4, -0.2) is 64.9 Å². The molecular weight excluding hydrogens is 478 g/mol. The van der Waals surface area contributed by atoms with E-state index in [0.29, 0.717) is 23.6 Å². The number of ether oxygens (including phenoxy) is 3. The molecule has 0 spiro atoms. The Kier molecular flexibility index (Phi) is 9.01. The molecule has 2 atom stereocenters. The first-order valence-electron chi connectivity index (χ1n) is 12.3. The van der Waals surface area contributed by atoms with Crippen molar-refractivity contribution in [2.24, 2.45) is 4.99 Å². The minimum atomic E-state index is -0.418. The first-order valence-corrected chi connectivity index (χ1v) is 12.3. The summed E-state index contributed by atoms with van der Waals surface area (Å²) in [7, 11) is 1.47. The molecule has 4 N–H and O–H groups in total. The summed E-state index contributed by atoms with van der Waals surface area (Å²) < 4.78 is 16.4. The number of carbonyl (C=O) groups is 2. The molecule has 11 heteroatoms. The van der Waals surface area contributed by atoms with E-state index in [1.54, 1.807) is 12.1 Å². The van der Waals surface area contributed by atoms with Gasteiger partial charge in [0.05, 0.1) is 12.7 Å². The Balaban J connectivity index is 1.55. The highest BCUT2D eigenvalue weighted by atomic mass is 16.6. The number of methoxy groups -OCH3 is 1. The van der Waals surface area contributed by atoms with Gasteiger partial charge in [-0.15, -0.1) is 0 Å². The molecule has 1 aliphatic rings. The number of nitrogens with zero attached hydrogens (tertiary/aromatic N) is 2. The number of benzene rings is 1. The number of anilines is 1. The van der Waals surface area contributed by atoms with E-state index in [0.717, 1.165) is 18.5 Å². The fourth-order valence-electron chi connectivity index (χ4n) is 3.93. The Morgan fingerprint density at radius 1 is 1.27 bits per heavy atom. The highest BCUT2D eigenvalue weighted by Crippen LogP contribution is 2.36. The lowest BCUT2D eigenvalue weighted by Gasteiger charge is -2.22. The molecule has 202 valence electrons. The van der Waals surface area contributed by atoms with E-state index in [1.165, 1.54) is 19.4 Å². The number of phenolic OH excluding ortho intramolecular Hbond substituents is 1. The van der Waals surface area contributed by atoms with Crippen molar-refractivity contribution in [3.05, 3.63) is 29.5 Å². The molecule has 1 aliphatic carbocycles. The van der Waals surface area contributed by atoms with E-state index >= 15 is 0 Å². The summed E-state index contributed by atoms with van der Waals surface area (Å²) in [5.41, 5.74) is 0.868. The molecule has 0 bridgehead atoms. The van der Waals surface area contributed by atoms with Gasteiger partial charge in [0.25, 0.3) is 5.91 Å². The van der Waals surface area contributed by atoms with Crippen molar-refractivity contribution in [3.63, 3.8) is 0 Å². The fraction of sp³-hybridized carbons (Fsp3) is 0.538. The highest BCUT2D eigenvalue weighted by Gasteiger charge is 2.30. The summed E-state index contributed by atoms with van der Waals surface area (Å²) in [6, 6.07) is 4.84. The van der Waals surface area contributed by atoms with Gasteiger partial charge in [-0.3, -0.25) is 14.9 Å². The summed E-state index contributed by atoms with van der Waals surface area (Å²) in [4.78, 5) is 28.9. The van der Waals surface area contributed by atoms with Crippen LogP contribution in [0.1, 0.15) is 71.1 Å². The lowest BCUT2D eigenvalue weighted by molar-refractivity contribution is -0.118. The molecule has 1 saturated carbocycles. The molecule has 1 aromatic heterocycles. The van der Waals surface area contributed by atoms with E-state index in [1.807, 2.05) is 34.6 Å². The maximum absolute atomic E-state index is 12.5. The van der Waals surface area contributed by atoms with E-state index in [-0.39, 0.29) is 41.7 Å². The predicted molar refractivity (Wildman–Crippen MR) is 140 cm³/mol. The number of amides is 2. The number of aliphatic imine (C=N–C) groups is 1. The number of hydrogen-bond donors (Lipinski definition) is 4. The summed E-state index contributed by atoms with van der Waals surface area (Å²) in [5.74, 6) is 0.690. The fourth-order valence-corrected chi connectivity index (χ4v) is 3.93. The van der Waals surface area contributed by atoms with Crippen molar-refractivity contribution in [1.29, 1.82) is 0 Å². The molecule has 0 aliphatic heterocycles. The first-order chi connectivity index (χ1) is 17.4. The van der Waals surface area contributed by atoms with Gasteiger partial charge < -0.3 is 30.0 Å². The van der Waals surface area contributed by atoms with Crippen molar-refractivity contribution in [2.45, 2.75) is 77.5 Å². The summed E-state index contributed by atoms with van der Waals surface area (Å²) in [5, 5.41) is 23.0. The predicted octanol–water partition coefficient (Wildman–Crippen LogP) is 4.13. The van der Waals surface area contributed by atoms with Gasteiger partial charge in [-0.2, -0.15) is 5.10 Å². The first kappa shape index (κ1) is 27.8. The standard InChI is InChI=1S/C26H37N5O6/c1-15(2)27-13-19-21(32)10-18(35-6)11-22(19)36-14-24(33)28-23-12-20(30-31-23)16-7-8-17(9-16)37-25(34)29-26(3,4)5/h10-13,15-17,32H,7-9,14H2,1-6H3,(H,29,34)(H2,28,30,31,33)/t16?,17-/m1/s1. The molecule has 1 fully saturated rings. The summed E-state index contributed by atoms with van der Waals surface area (Å²) in [6.45, 7) is 9.21. The van der Waals surface area contributed by atoms with Crippen LogP contribution < -0.4 is 20.1 Å². The van der Waals surface area contributed by atoms with Crippen LogP contribution in [0.25, 0.3) is 0 Å². The van der Waals surface area contributed by atoms with Gasteiger partial charge in [0.1, 0.15) is 23.4 Å². The number of alkyl carbamates (subject to hydrolysis) is 1. The third-order valence-electron chi connectivity index (χ3n) is 5.63. The molecule has 1 unspecified atom stereocenters. The lowest BCUT2D eigenvalue weighted by Crippen LogP contribution is -2.42. The number of rotatable bonds is 9. The molecule has 11 nitrogen and oxygen atoms in total. The van der Waals surface area contributed by atoms with Crippen molar-refractivity contribution in [1.82, 2.24) is 15.5 Å². The second kappa shape index (κ2) is 12.0. The molecule has 3 rings (SSSR count). The molecular formula is C26H37N5O6. The highest BCUT2D eigenvalue weighted by molar-refractivity contribution is 5.92. The maximum Gasteiger partial charge on any atom is 0.407 e. The number of carbonyl (C=O) groups excluding carboxylic acids is 2. The number of aromatic nitrogens is 2. The monoisotopic (exact) mass is 515 g/mol. The van der Waals surface area contributed by atoms with Crippen molar-refractivity contribution in [2.75, 3.05) is 19.0 Å². The van der Waals surface area contributed by atoms with Crippen LogP contribution in [0.3, 0.4) is 0 Å². The Hall–Kier alpha value is -3.76. The Morgan fingerprint density at radius 3 is 2.70 bits per heavy atom. The SMILES string of the molecule is COc1cc(O)c(C=NC(C)C)c(OCC(=O)Nc2cc(C3CC[C@@H](OC(=O)NC(C)(C)C)C3)[nH]n2)c1. The number of aromatic amines is 1. The number of hydrogen-bond acceptors (Lipinski definition) is 8. The Morgan fingerprint density at radius 2 is 2.03 bits per heavy atom. The molecule has 37 heavy (non-hydrogen) atoms. The molecule has 2 amide bonds. The molecule has 1 heterocycles. The van der Waals surface area contributed by atoms with Gasteiger partial charge in [0.15, 0.2) is 12.4 Å². The number of H-pyrrole nitrogens is 1. The van der Waals surface area contributed by atoms with E-state index in [4.69, 9.17) is 14.2 Å². The zero-order chi connectivity index (χ0) is 27.2. The second-order valence-corrected chi connectivity index (χ2v) is 10.4. The topological polar surface area (TPSA) is 147 Å². The van der Waals surface area contributed by atoms with E-state index < -0.39 is 12.0 Å². The van der Waals surface area contributed by atoms with Gasteiger partial charge in [-0.05, 0) is 53.9 Å². The zero-order valence-electron chi connectivity index (χ0n) is 22.3. The van der Waals surface area contributed by atoms with E-state index in [2.05, 4.69) is 25.8 Å². The number of phenols is 1. The van der Waals surface area contributed by atoms with Crippen LogP contribution in [0.5, 0.6) is 17.2 Å². The Labute approximate surface area is 217 Å². The minimum Gasteiger partial charge on any atom is -0.507 e. The molecule has 2 aromatic rings. The third kappa shape index (κ3) is 8.40. The normalized spacial score (nSPS) is 17.7. The van der Waals surface area contributed by atoms with Gasteiger partial charge >= 0.3 is 6.09 Å². The number of nitrogens with one attached hydrogen (secondary N) is 3. The minimum absolute atomic E-state index is 0.0221. The van der Waals surface area contributed by atoms with Crippen LogP contribution >= 0.6 is 0 Å². The summed E-state index contributed by atoms with van der Waals surface area (Å²) in [6.07, 6.45) is 3.20. The third-order valence-corrected chi connectivity index (χ3v) is 5.63. The van der Waals surface area contributed by atoms with Crippen LogP contribution in [-0.2, 0) is 9.53 Å². The van der Waals surface area contributed by atoms with Gasteiger partial charge in [-0.1, -0.05) is 0 Å². The smallest absolute Gasteiger partial charge is 0.407 e. The van der Waals surface area contributed by atoms with Gasteiger partial charge in [-0.25, -0.2) is 4.79 Å². The quantitative estimate of drug-likeness (QED) is 0.367. The van der Waals surface area contributed by atoms with Crippen molar-refractivity contribution in [3.8, 4) is 17.2 Å². The molecule has 1 aromatic carbocycles. The summed E-state index contributed by atoms with van der Waals surface area (Å²) >= 11 is 0. The molecule has 0 radical (unpaired) electrons. The van der Waals surface area contributed by atoms with Crippen molar-refractivity contribution < 1.29 is 28.9 Å². The van der Waals surface area contributed by atoms with Crippen LogP contribution in [0.2, 0.25) is 0 Å². The second-order valence-electron chi connectivity index (χ2n) is 10.4. The van der Waals surface area contributed by atoms with Gasteiger partial charge in [0, 0.05) is 47.6 Å². The van der Waals surface area contributed by atoms with Gasteiger partial charge in [0.2, 0.25) is 0 Å². The van der Waals surface area contributed by atoms with Crippen molar-refractivity contribution >= 4 is 24.0 Å². The van der Waals surface area contributed by atoms with Crippen LogP contribution in [0, 0.1) is 0 Å². The Bertz CT molecular complexity index is 1120. The zero-order valence-corrected chi connectivity index (χ0v) is 22.3. The average Bonchev–Trinajstić information content (AvgIpc) is 3.44. The largest absolute Gasteiger partial charge is 0.507 e. The van der Waals surface area contributed by atoms with Crippen LogP contribution in [0.15, 0.2) is 23.2 Å². The van der Waals surface area contributed by atoms with E-state index in [9.17, 15) is 14.7 Å². The lowest BCUT2D eigenvalue weighted by atomic mass is 10.0. The number of aromatic hydroxyl groups is 1. The molecule has 0 saturated heterocycles. The van der Waals surface area contributed by atoms with Crippen LogP contribution in [0.4, 0.5) is 10.6 Å².